The minimum absolute atomic E-state index is 0.0743. The number of nitrogens with zero attached hydrogens (tertiary/aromatic N) is 3. The summed E-state index contributed by atoms with van der Waals surface area (Å²) in [5.74, 6) is 0.0743. The van der Waals surface area contributed by atoms with E-state index < -0.39 is 11.2 Å². The topological polar surface area (TPSA) is 69.2 Å². The molecule has 2 heterocycles. The van der Waals surface area contributed by atoms with Gasteiger partial charge in [-0.3, -0.25) is 13.9 Å². The summed E-state index contributed by atoms with van der Waals surface area (Å²) in [6.45, 7) is 0. The zero-order chi connectivity index (χ0) is 20.2. The van der Waals surface area contributed by atoms with Crippen LogP contribution >= 0.6 is 23.2 Å². The SMILES string of the molecule is Cn1c(=O)c2c(-c3ccc(Cl)cc3Cl)n(-c3cccc(O)c3)cc2n(C)c1=O. The number of hydrogen-bond acceptors (Lipinski definition) is 3. The van der Waals surface area contributed by atoms with E-state index in [0.29, 0.717) is 37.9 Å². The molecule has 142 valence electrons. The van der Waals surface area contributed by atoms with Crippen molar-refractivity contribution >= 4 is 34.1 Å². The van der Waals surface area contributed by atoms with Crippen LogP contribution in [0.4, 0.5) is 0 Å². The van der Waals surface area contributed by atoms with Crippen molar-refractivity contribution in [2.45, 2.75) is 0 Å². The van der Waals surface area contributed by atoms with Gasteiger partial charge in [0.2, 0.25) is 0 Å². The van der Waals surface area contributed by atoms with Gasteiger partial charge < -0.3 is 9.67 Å². The molecule has 6 nitrogen and oxygen atoms in total. The second-order valence-corrected chi connectivity index (χ2v) is 7.30. The Bertz CT molecular complexity index is 1370. The van der Waals surface area contributed by atoms with E-state index in [9.17, 15) is 14.7 Å². The van der Waals surface area contributed by atoms with Crippen LogP contribution in [-0.4, -0.2) is 18.8 Å². The number of hydrogen-bond donors (Lipinski definition) is 1. The Morgan fingerprint density at radius 3 is 2.39 bits per heavy atom. The Morgan fingerprint density at radius 2 is 1.71 bits per heavy atom. The van der Waals surface area contributed by atoms with Crippen molar-refractivity contribution in [2.24, 2.45) is 14.1 Å². The predicted molar refractivity (Wildman–Crippen MR) is 111 cm³/mol. The van der Waals surface area contributed by atoms with E-state index in [1.54, 1.807) is 60.3 Å². The molecule has 2 aromatic carbocycles. The number of aromatic nitrogens is 3. The molecule has 0 radical (unpaired) electrons. The minimum Gasteiger partial charge on any atom is -0.508 e. The highest BCUT2D eigenvalue weighted by molar-refractivity contribution is 6.36. The van der Waals surface area contributed by atoms with Gasteiger partial charge in [-0.05, 0) is 30.3 Å². The van der Waals surface area contributed by atoms with Gasteiger partial charge in [0.25, 0.3) is 5.56 Å². The van der Waals surface area contributed by atoms with E-state index in [2.05, 4.69) is 0 Å². The van der Waals surface area contributed by atoms with Gasteiger partial charge in [-0.25, -0.2) is 4.79 Å². The van der Waals surface area contributed by atoms with Crippen LogP contribution in [0.5, 0.6) is 5.75 Å². The molecule has 0 saturated heterocycles. The second-order valence-electron chi connectivity index (χ2n) is 6.46. The third-order valence-electron chi connectivity index (χ3n) is 4.73. The van der Waals surface area contributed by atoms with Crippen LogP contribution in [0.3, 0.4) is 0 Å². The average molecular weight is 416 g/mol. The molecular weight excluding hydrogens is 401 g/mol. The van der Waals surface area contributed by atoms with Gasteiger partial charge in [-0.1, -0.05) is 29.3 Å². The molecule has 0 saturated carbocycles. The van der Waals surface area contributed by atoms with Crippen LogP contribution in [0.1, 0.15) is 0 Å². The van der Waals surface area contributed by atoms with Gasteiger partial charge >= 0.3 is 5.69 Å². The van der Waals surface area contributed by atoms with Crippen LogP contribution in [0.25, 0.3) is 27.8 Å². The lowest BCUT2D eigenvalue weighted by molar-refractivity contribution is 0.475. The normalized spacial score (nSPS) is 11.3. The van der Waals surface area contributed by atoms with Crippen LogP contribution in [0, 0.1) is 0 Å². The highest BCUT2D eigenvalue weighted by Crippen LogP contribution is 2.36. The van der Waals surface area contributed by atoms with Crippen molar-refractivity contribution in [3.63, 3.8) is 0 Å². The maximum absolute atomic E-state index is 13.0. The van der Waals surface area contributed by atoms with Crippen molar-refractivity contribution in [1.29, 1.82) is 0 Å². The molecule has 0 unspecified atom stereocenters. The zero-order valence-corrected chi connectivity index (χ0v) is 16.5. The Hall–Kier alpha value is -2.96. The van der Waals surface area contributed by atoms with Crippen LogP contribution in [0.15, 0.2) is 58.3 Å². The minimum atomic E-state index is -0.432. The van der Waals surface area contributed by atoms with Crippen molar-refractivity contribution < 1.29 is 5.11 Å². The first kappa shape index (κ1) is 18.4. The number of benzene rings is 2. The van der Waals surface area contributed by atoms with Gasteiger partial charge in [0.15, 0.2) is 0 Å². The standard InChI is InChI=1S/C20H15Cl2N3O3/c1-23-16-10-25(12-4-3-5-13(26)9-12)18(14-7-6-11(21)8-15(14)22)17(16)19(27)24(2)20(23)28/h3-10,26H,1-2H3. The second kappa shape index (κ2) is 6.58. The van der Waals surface area contributed by atoms with E-state index in [-0.39, 0.29) is 5.75 Å². The Morgan fingerprint density at radius 1 is 0.964 bits per heavy atom. The fourth-order valence-electron chi connectivity index (χ4n) is 3.33. The smallest absolute Gasteiger partial charge is 0.330 e. The first-order chi connectivity index (χ1) is 13.3. The molecule has 8 heteroatoms. The molecule has 4 aromatic rings. The fraction of sp³-hybridized carbons (Fsp3) is 0.100. The fourth-order valence-corrected chi connectivity index (χ4v) is 3.83. The number of rotatable bonds is 2. The highest BCUT2D eigenvalue weighted by atomic mass is 35.5. The maximum Gasteiger partial charge on any atom is 0.330 e. The Labute approximate surface area is 169 Å². The summed E-state index contributed by atoms with van der Waals surface area (Å²) in [7, 11) is 3.03. The zero-order valence-electron chi connectivity index (χ0n) is 15.0. The Balaban J connectivity index is 2.24. The molecule has 2 aromatic heterocycles. The molecule has 0 aliphatic carbocycles. The van der Waals surface area contributed by atoms with Gasteiger partial charge in [0.1, 0.15) is 5.75 Å². The van der Waals surface area contributed by atoms with Crippen LogP contribution < -0.4 is 11.2 Å². The largest absolute Gasteiger partial charge is 0.508 e. The molecule has 0 amide bonds. The number of phenols is 1. The molecule has 4 rings (SSSR count). The van der Waals surface area contributed by atoms with Gasteiger partial charge in [0.05, 0.1) is 21.6 Å². The van der Waals surface area contributed by atoms with Crippen LogP contribution in [0.2, 0.25) is 10.0 Å². The summed E-state index contributed by atoms with van der Waals surface area (Å²) in [4.78, 5) is 25.4. The maximum atomic E-state index is 13.0. The molecule has 0 atom stereocenters. The third-order valence-corrected chi connectivity index (χ3v) is 5.28. The van der Waals surface area contributed by atoms with Crippen molar-refractivity contribution in [3.8, 4) is 22.7 Å². The first-order valence-corrected chi connectivity index (χ1v) is 9.11. The average Bonchev–Trinajstić information content (AvgIpc) is 3.05. The molecular formula is C20H15Cl2N3O3. The monoisotopic (exact) mass is 415 g/mol. The van der Waals surface area contributed by atoms with E-state index in [0.717, 1.165) is 4.57 Å². The highest BCUT2D eigenvalue weighted by Gasteiger charge is 2.22. The molecule has 28 heavy (non-hydrogen) atoms. The van der Waals surface area contributed by atoms with Crippen LogP contribution in [-0.2, 0) is 14.1 Å². The molecule has 0 aliphatic rings. The van der Waals surface area contributed by atoms with E-state index in [4.69, 9.17) is 23.2 Å². The number of fused-ring (bicyclic) bond motifs is 1. The lowest BCUT2D eigenvalue weighted by Crippen LogP contribution is -2.36. The summed E-state index contributed by atoms with van der Waals surface area (Å²) in [5, 5.41) is 11.1. The molecule has 1 N–H and O–H groups in total. The summed E-state index contributed by atoms with van der Waals surface area (Å²) in [6.07, 6.45) is 1.69. The summed E-state index contributed by atoms with van der Waals surface area (Å²) >= 11 is 12.5. The molecule has 0 fully saturated rings. The lowest BCUT2D eigenvalue weighted by atomic mass is 10.1. The Kier molecular flexibility index (Phi) is 4.33. The lowest BCUT2D eigenvalue weighted by Gasteiger charge is -2.12. The van der Waals surface area contributed by atoms with Crippen molar-refractivity contribution in [2.75, 3.05) is 0 Å². The van der Waals surface area contributed by atoms with Crippen molar-refractivity contribution in [1.82, 2.24) is 13.7 Å². The number of halogens is 2. The quantitative estimate of drug-likeness (QED) is 0.542. The van der Waals surface area contributed by atoms with E-state index >= 15 is 0 Å². The number of aromatic hydroxyl groups is 1. The molecule has 0 aliphatic heterocycles. The first-order valence-electron chi connectivity index (χ1n) is 8.35. The molecule has 0 bridgehead atoms. The number of aryl methyl sites for hydroxylation is 1. The van der Waals surface area contributed by atoms with Gasteiger partial charge in [-0.2, -0.15) is 0 Å². The van der Waals surface area contributed by atoms with Gasteiger partial charge in [0, 0.05) is 42.6 Å². The van der Waals surface area contributed by atoms with E-state index in [1.165, 1.54) is 11.6 Å². The van der Waals surface area contributed by atoms with Crippen molar-refractivity contribution in [3.05, 3.63) is 79.5 Å². The van der Waals surface area contributed by atoms with Gasteiger partial charge in [-0.15, -0.1) is 0 Å². The summed E-state index contributed by atoms with van der Waals surface area (Å²) in [5.41, 5.74) is 1.31. The molecule has 0 spiro atoms. The number of phenolic OH excluding ortho intramolecular Hbond substituents is 1. The predicted octanol–water partition coefficient (Wildman–Crippen LogP) is 3.71. The third kappa shape index (κ3) is 2.73. The summed E-state index contributed by atoms with van der Waals surface area (Å²) in [6, 6.07) is 11.6. The van der Waals surface area contributed by atoms with E-state index in [1.807, 2.05) is 0 Å². The summed E-state index contributed by atoms with van der Waals surface area (Å²) < 4.78 is 4.20.